The first-order valence-electron chi connectivity index (χ1n) is 11.3. The fourth-order valence-corrected chi connectivity index (χ4v) is 3.85. The Bertz CT molecular complexity index is 1160. The average molecular weight is 483 g/mol. The summed E-state index contributed by atoms with van der Waals surface area (Å²) < 4.78 is 30.6. The third kappa shape index (κ3) is 5.81. The number of ether oxygens (including phenoxy) is 2. The molecule has 0 unspecified atom stereocenters. The van der Waals surface area contributed by atoms with Crippen molar-refractivity contribution in [2.24, 2.45) is 0 Å². The molecule has 0 spiro atoms. The molecule has 2 N–H and O–H groups in total. The molecule has 184 valence electrons. The summed E-state index contributed by atoms with van der Waals surface area (Å²) in [5.41, 5.74) is 0.697. The molecule has 35 heavy (non-hydrogen) atoms. The lowest BCUT2D eigenvalue weighted by Gasteiger charge is -2.34. The predicted molar refractivity (Wildman–Crippen MR) is 124 cm³/mol. The standard InChI is InChI=1S/C26H27FN2O6/c1-17-7-12-22(34-17)24(25(31)28-15-18-8-10-19(27)11-9-18)29(13-4-14-30)26(32)23-16-33-20-5-2-3-6-21(20)35-23/h2-3,5-12,23-24,30H,4,13-16H2,1H3,(H,28,31)/t23-,24+/m1/s1. The van der Waals surface area contributed by atoms with Crippen LogP contribution in [0.1, 0.15) is 29.5 Å². The van der Waals surface area contributed by atoms with Crippen molar-refractivity contribution in [3.8, 4) is 11.5 Å². The van der Waals surface area contributed by atoms with Gasteiger partial charge < -0.3 is 29.2 Å². The van der Waals surface area contributed by atoms with E-state index in [0.717, 1.165) is 0 Å². The van der Waals surface area contributed by atoms with Gasteiger partial charge in [0.2, 0.25) is 6.10 Å². The van der Waals surface area contributed by atoms with E-state index in [1.54, 1.807) is 55.5 Å². The second-order valence-electron chi connectivity index (χ2n) is 8.17. The van der Waals surface area contributed by atoms with Gasteiger partial charge in [0, 0.05) is 19.7 Å². The number of nitrogens with zero attached hydrogens (tertiary/aromatic N) is 1. The van der Waals surface area contributed by atoms with E-state index in [0.29, 0.717) is 22.8 Å². The number of aliphatic hydroxyl groups is 1. The van der Waals surface area contributed by atoms with E-state index in [1.807, 2.05) is 0 Å². The van der Waals surface area contributed by atoms with E-state index in [4.69, 9.17) is 13.9 Å². The largest absolute Gasteiger partial charge is 0.485 e. The van der Waals surface area contributed by atoms with Gasteiger partial charge in [0.15, 0.2) is 17.5 Å². The molecule has 1 aliphatic heterocycles. The zero-order valence-corrected chi connectivity index (χ0v) is 19.3. The minimum Gasteiger partial charge on any atom is -0.485 e. The quantitative estimate of drug-likeness (QED) is 0.486. The molecule has 9 heteroatoms. The number of para-hydroxylation sites is 2. The van der Waals surface area contributed by atoms with Crippen LogP contribution in [0.15, 0.2) is 65.1 Å². The molecule has 1 aromatic heterocycles. The summed E-state index contributed by atoms with van der Waals surface area (Å²) >= 11 is 0. The highest BCUT2D eigenvalue weighted by atomic mass is 19.1. The predicted octanol–water partition coefficient (Wildman–Crippen LogP) is 3.14. The first kappa shape index (κ1) is 24.3. The van der Waals surface area contributed by atoms with Gasteiger partial charge in [-0.25, -0.2) is 4.39 Å². The second kappa shape index (κ2) is 11.1. The lowest BCUT2D eigenvalue weighted by Crippen LogP contribution is -2.51. The maximum atomic E-state index is 13.6. The van der Waals surface area contributed by atoms with Gasteiger partial charge in [-0.15, -0.1) is 0 Å². The van der Waals surface area contributed by atoms with E-state index in [-0.39, 0.29) is 44.3 Å². The maximum absolute atomic E-state index is 13.6. The van der Waals surface area contributed by atoms with Crippen molar-refractivity contribution in [1.82, 2.24) is 10.2 Å². The molecule has 1 aliphatic rings. The smallest absolute Gasteiger partial charge is 0.268 e. The second-order valence-corrected chi connectivity index (χ2v) is 8.17. The molecule has 0 bridgehead atoms. The molecule has 2 atom stereocenters. The summed E-state index contributed by atoms with van der Waals surface area (Å²) in [5, 5.41) is 12.3. The molecule has 4 rings (SSSR count). The van der Waals surface area contributed by atoms with Crippen LogP contribution in [0.2, 0.25) is 0 Å². The van der Waals surface area contributed by atoms with Crippen molar-refractivity contribution >= 4 is 11.8 Å². The number of aryl methyl sites for hydroxylation is 1. The monoisotopic (exact) mass is 482 g/mol. The minimum atomic E-state index is -1.11. The molecule has 2 amide bonds. The number of nitrogens with one attached hydrogen (secondary N) is 1. The molecule has 2 heterocycles. The Hall–Kier alpha value is -3.85. The molecule has 8 nitrogen and oxygen atoms in total. The van der Waals surface area contributed by atoms with Gasteiger partial charge in [-0.2, -0.15) is 0 Å². The Morgan fingerprint density at radius 1 is 1.11 bits per heavy atom. The SMILES string of the molecule is Cc1ccc([C@@H](C(=O)NCc2ccc(F)cc2)N(CCCO)C(=O)[C@H]2COc3ccccc3O2)o1. The summed E-state index contributed by atoms with van der Waals surface area (Å²) in [5.74, 6) is 0.510. The normalized spacial score (nSPS) is 15.3. The molecular formula is C26H27FN2O6. The summed E-state index contributed by atoms with van der Waals surface area (Å²) in [6, 6.07) is 15.0. The van der Waals surface area contributed by atoms with Gasteiger partial charge in [-0.3, -0.25) is 9.59 Å². The van der Waals surface area contributed by atoms with Crippen LogP contribution in [0.5, 0.6) is 11.5 Å². The van der Waals surface area contributed by atoms with E-state index >= 15 is 0 Å². The molecule has 0 radical (unpaired) electrons. The number of hydrogen-bond donors (Lipinski definition) is 2. The summed E-state index contributed by atoms with van der Waals surface area (Å²) in [6.07, 6.45) is -0.732. The molecule has 0 fully saturated rings. The Balaban J connectivity index is 1.59. The Labute approximate surface area is 202 Å². The van der Waals surface area contributed by atoms with Crippen LogP contribution in [-0.2, 0) is 16.1 Å². The minimum absolute atomic E-state index is 0.0213. The van der Waals surface area contributed by atoms with E-state index in [1.165, 1.54) is 17.0 Å². The van der Waals surface area contributed by atoms with Gasteiger partial charge in [0.05, 0.1) is 0 Å². The highest BCUT2D eigenvalue weighted by molar-refractivity contribution is 5.90. The van der Waals surface area contributed by atoms with Crippen molar-refractivity contribution in [1.29, 1.82) is 0 Å². The van der Waals surface area contributed by atoms with Crippen molar-refractivity contribution in [2.75, 3.05) is 19.8 Å². The maximum Gasteiger partial charge on any atom is 0.268 e. The highest BCUT2D eigenvalue weighted by Crippen LogP contribution is 2.32. The van der Waals surface area contributed by atoms with Crippen LogP contribution >= 0.6 is 0 Å². The zero-order chi connectivity index (χ0) is 24.8. The zero-order valence-electron chi connectivity index (χ0n) is 19.3. The fraction of sp³-hybridized carbons (Fsp3) is 0.308. The first-order valence-corrected chi connectivity index (χ1v) is 11.3. The van der Waals surface area contributed by atoms with Gasteiger partial charge in [0.25, 0.3) is 11.8 Å². The number of furan rings is 1. The van der Waals surface area contributed by atoms with Crippen molar-refractivity contribution in [3.05, 3.63) is 83.6 Å². The number of halogens is 1. The number of aliphatic hydroxyl groups excluding tert-OH is 1. The van der Waals surface area contributed by atoms with E-state index < -0.39 is 24.0 Å². The van der Waals surface area contributed by atoms with Crippen LogP contribution in [0.4, 0.5) is 4.39 Å². The number of fused-ring (bicyclic) bond motifs is 1. The number of rotatable bonds is 9. The van der Waals surface area contributed by atoms with Crippen LogP contribution < -0.4 is 14.8 Å². The fourth-order valence-electron chi connectivity index (χ4n) is 3.85. The third-order valence-corrected chi connectivity index (χ3v) is 5.59. The summed E-state index contributed by atoms with van der Waals surface area (Å²) in [4.78, 5) is 28.4. The number of amides is 2. The lowest BCUT2D eigenvalue weighted by atomic mass is 10.1. The number of carbonyl (C=O) groups is 2. The Morgan fingerprint density at radius 2 is 1.86 bits per heavy atom. The molecule has 0 saturated carbocycles. The lowest BCUT2D eigenvalue weighted by molar-refractivity contribution is -0.149. The third-order valence-electron chi connectivity index (χ3n) is 5.59. The van der Waals surface area contributed by atoms with Gasteiger partial charge in [-0.1, -0.05) is 24.3 Å². The summed E-state index contributed by atoms with van der Waals surface area (Å²) in [6.45, 7) is 1.77. The van der Waals surface area contributed by atoms with Crippen LogP contribution in [0, 0.1) is 12.7 Å². The van der Waals surface area contributed by atoms with Crippen LogP contribution in [0.3, 0.4) is 0 Å². The van der Waals surface area contributed by atoms with Gasteiger partial charge in [0.1, 0.15) is 23.9 Å². The Morgan fingerprint density at radius 3 is 2.54 bits per heavy atom. The van der Waals surface area contributed by atoms with Crippen molar-refractivity contribution < 1.29 is 33.0 Å². The van der Waals surface area contributed by atoms with Crippen molar-refractivity contribution in [3.63, 3.8) is 0 Å². The molecule has 2 aromatic carbocycles. The van der Waals surface area contributed by atoms with E-state index in [9.17, 15) is 19.1 Å². The van der Waals surface area contributed by atoms with Crippen LogP contribution in [-0.4, -0.2) is 47.7 Å². The number of carbonyl (C=O) groups excluding carboxylic acids is 2. The summed E-state index contributed by atoms with van der Waals surface area (Å²) in [7, 11) is 0. The van der Waals surface area contributed by atoms with Gasteiger partial charge in [-0.05, 0) is 55.3 Å². The molecular weight excluding hydrogens is 455 g/mol. The number of benzene rings is 2. The molecule has 3 aromatic rings. The van der Waals surface area contributed by atoms with Gasteiger partial charge >= 0.3 is 0 Å². The van der Waals surface area contributed by atoms with E-state index in [2.05, 4.69) is 5.32 Å². The highest BCUT2D eigenvalue weighted by Gasteiger charge is 2.39. The van der Waals surface area contributed by atoms with Crippen LogP contribution in [0.25, 0.3) is 0 Å². The molecule has 0 aliphatic carbocycles. The first-order chi connectivity index (χ1) is 17.0. The average Bonchev–Trinajstić information content (AvgIpc) is 3.30. The Kier molecular flexibility index (Phi) is 7.67. The topological polar surface area (TPSA) is 101 Å². The molecule has 0 saturated heterocycles. The van der Waals surface area contributed by atoms with Crippen molar-refractivity contribution in [2.45, 2.75) is 32.0 Å². The number of hydrogen-bond acceptors (Lipinski definition) is 6.